The minimum Gasteiger partial charge on any atom is -0.462 e. The summed E-state index contributed by atoms with van der Waals surface area (Å²) in [7, 11) is 0. The number of unbranched alkanes of at least 4 members (excludes halogenated alkanes) is 46. The molecule has 6 nitrogen and oxygen atoms in total. The van der Waals surface area contributed by atoms with Gasteiger partial charge in [-0.1, -0.05) is 364 Å². The van der Waals surface area contributed by atoms with Crippen molar-refractivity contribution in [2.75, 3.05) is 13.2 Å². The maximum Gasteiger partial charge on any atom is 0.306 e. The Morgan fingerprint density at radius 1 is 0.256 bits per heavy atom. The highest BCUT2D eigenvalue weighted by atomic mass is 16.6. The Labute approximate surface area is 510 Å². The molecular formula is C76H138O6. The van der Waals surface area contributed by atoms with Crippen LogP contribution in [0.2, 0.25) is 0 Å². The molecular weight excluding hydrogens is 1010 g/mol. The van der Waals surface area contributed by atoms with Gasteiger partial charge in [0.25, 0.3) is 0 Å². The van der Waals surface area contributed by atoms with E-state index in [0.717, 1.165) is 96.3 Å². The van der Waals surface area contributed by atoms with Gasteiger partial charge in [-0.05, 0) is 64.2 Å². The van der Waals surface area contributed by atoms with Crippen LogP contribution in [-0.4, -0.2) is 37.2 Å². The predicted octanol–water partition coefficient (Wildman–Crippen LogP) is 25.1. The van der Waals surface area contributed by atoms with Crippen molar-refractivity contribution >= 4 is 17.9 Å². The summed E-state index contributed by atoms with van der Waals surface area (Å²) in [5.74, 6) is -0.854. The summed E-state index contributed by atoms with van der Waals surface area (Å²) in [5.41, 5.74) is 0. The molecule has 0 fully saturated rings. The van der Waals surface area contributed by atoms with Crippen LogP contribution in [0.15, 0.2) is 60.8 Å². The van der Waals surface area contributed by atoms with Gasteiger partial charge >= 0.3 is 17.9 Å². The average Bonchev–Trinajstić information content (AvgIpc) is 3.48. The zero-order valence-electron chi connectivity index (χ0n) is 55.0. The Morgan fingerprint density at radius 2 is 0.476 bits per heavy atom. The molecule has 1 unspecified atom stereocenters. The molecule has 0 aromatic rings. The highest BCUT2D eigenvalue weighted by molar-refractivity contribution is 5.71. The lowest BCUT2D eigenvalue weighted by Gasteiger charge is -2.18. The molecule has 0 heterocycles. The standard InChI is InChI=1S/C76H138O6/c1-4-7-10-13-16-19-22-25-28-31-34-36-38-40-42-45-48-51-54-57-60-63-66-69-75(78)81-72-73(71-80-74(77)68-65-62-59-56-53-50-47-44-41-33-30-27-24-21-18-15-12-9-6-3)82-76(79)70-67-64-61-58-55-52-49-46-43-39-37-35-32-29-26-23-20-17-14-11-8-5-2/h7,10,16,19,25,28,34,36,40,42,73H,4-6,8-9,11-15,17-18,20-24,26-27,29-33,35,37-39,41,43-72H2,1-3H3/b10-7-,19-16-,28-25-,36-34-,42-40-. The quantitative estimate of drug-likeness (QED) is 0.0261. The van der Waals surface area contributed by atoms with Gasteiger partial charge in [0.1, 0.15) is 13.2 Å². The van der Waals surface area contributed by atoms with E-state index in [2.05, 4.69) is 81.5 Å². The first-order chi connectivity index (χ1) is 40.5. The van der Waals surface area contributed by atoms with Gasteiger partial charge in [-0.2, -0.15) is 0 Å². The summed E-state index contributed by atoms with van der Waals surface area (Å²) < 4.78 is 17.0. The van der Waals surface area contributed by atoms with Crippen LogP contribution in [0, 0.1) is 0 Å². The molecule has 0 aliphatic heterocycles. The molecule has 0 saturated heterocycles. The zero-order valence-corrected chi connectivity index (χ0v) is 55.0. The van der Waals surface area contributed by atoms with E-state index in [9.17, 15) is 14.4 Å². The summed E-state index contributed by atoms with van der Waals surface area (Å²) in [5, 5.41) is 0. The summed E-state index contributed by atoms with van der Waals surface area (Å²) in [6.45, 7) is 6.60. The molecule has 0 rings (SSSR count). The molecule has 478 valence electrons. The summed E-state index contributed by atoms with van der Waals surface area (Å²) in [6.07, 6.45) is 91.0. The van der Waals surface area contributed by atoms with Crippen molar-refractivity contribution in [3.8, 4) is 0 Å². The Hall–Kier alpha value is -2.89. The van der Waals surface area contributed by atoms with Crippen molar-refractivity contribution in [1.29, 1.82) is 0 Å². The average molecular weight is 1150 g/mol. The number of carbonyl (C=O) groups is 3. The van der Waals surface area contributed by atoms with Crippen LogP contribution in [0.5, 0.6) is 0 Å². The molecule has 0 amide bonds. The highest BCUT2D eigenvalue weighted by Gasteiger charge is 2.19. The third-order valence-electron chi connectivity index (χ3n) is 16.3. The Kier molecular flexibility index (Phi) is 68.1. The van der Waals surface area contributed by atoms with Gasteiger partial charge in [0.05, 0.1) is 0 Å². The van der Waals surface area contributed by atoms with Crippen molar-refractivity contribution in [1.82, 2.24) is 0 Å². The molecule has 1 atom stereocenters. The van der Waals surface area contributed by atoms with E-state index in [-0.39, 0.29) is 31.1 Å². The monoisotopic (exact) mass is 1150 g/mol. The Bertz CT molecular complexity index is 1460. The van der Waals surface area contributed by atoms with Crippen LogP contribution in [0.3, 0.4) is 0 Å². The molecule has 0 spiro atoms. The second-order valence-corrected chi connectivity index (χ2v) is 24.5. The number of hydrogen-bond acceptors (Lipinski definition) is 6. The molecule has 0 aromatic carbocycles. The molecule has 0 saturated carbocycles. The Balaban J connectivity index is 4.34. The topological polar surface area (TPSA) is 78.9 Å². The third-order valence-corrected chi connectivity index (χ3v) is 16.3. The molecule has 0 aliphatic carbocycles. The second-order valence-electron chi connectivity index (χ2n) is 24.5. The fourth-order valence-corrected chi connectivity index (χ4v) is 10.9. The number of carbonyl (C=O) groups excluding carboxylic acids is 3. The first-order valence-corrected chi connectivity index (χ1v) is 36.3. The van der Waals surface area contributed by atoms with Gasteiger partial charge in [0.2, 0.25) is 0 Å². The van der Waals surface area contributed by atoms with Crippen LogP contribution >= 0.6 is 0 Å². The van der Waals surface area contributed by atoms with Gasteiger partial charge in [-0.25, -0.2) is 0 Å². The maximum absolute atomic E-state index is 13.0. The molecule has 0 radical (unpaired) electrons. The largest absolute Gasteiger partial charge is 0.462 e. The molecule has 82 heavy (non-hydrogen) atoms. The van der Waals surface area contributed by atoms with E-state index in [1.54, 1.807) is 0 Å². The fourth-order valence-electron chi connectivity index (χ4n) is 10.9. The lowest BCUT2D eigenvalue weighted by Crippen LogP contribution is -2.30. The van der Waals surface area contributed by atoms with Crippen LogP contribution in [0.25, 0.3) is 0 Å². The number of ether oxygens (including phenoxy) is 3. The predicted molar refractivity (Wildman–Crippen MR) is 358 cm³/mol. The second kappa shape index (κ2) is 70.6. The minimum absolute atomic E-state index is 0.0720. The van der Waals surface area contributed by atoms with E-state index in [1.165, 1.54) is 250 Å². The molecule has 6 heteroatoms. The van der Waals surface area contributed by atoms with Crippen molar-refractivity contribution in [3.63, 3.8) is 0 Å². The van der Waals surface area contributed by atoms with E-state index < -0.39 is 6.10 Å². The first kappa shape index (κ1) is 79.1. The van der Waals surface area contributed by atoms with Crippen molar-refractivity contribution in [3.05, 3.63) is 60.8 Å². The lowest BCUT2D eigenvalue weighted by atomic mass is 10.0. The van der Waals surface area contributed by atoms with Crippen molar-refractivity contribution in [2.24, 2.45) is 0 Å². The van der Waals surface area contributed by atoms with Crippen LogP contribution in [-0.2, 0) is 28.6 Å². The number of esters is 3. The number of hydrogen-bond donors (Lipinski definition) is 0. The molecule has 0 aliphatic rings. The summed E-state index contributed by atoms with van der Waals surface area (Å²) in [6, 6.07) is 0. The van der Waals surface area contributed by atoms with E-state index in [1.807, 2.05) is 0 Å². The zero-order chi connectivity index (χ0) is 59.2. The minimum atomic E-state index is -0.778. The number of allylic oxidation sites excluding steroid dienone is 10. The summed E-state index contributed by atoms with van der Waals surface area (Å²) in [4.78, 5) is 38.5. The maximum atomic E-state index is 13.0. The van der Waals surface area contributed by atoms with Crippen LogP contribution in [0.4, 0.5) is 0 Å². The molecule has 0 N–H and O–H groups in total. The molecule has 0 bridgehead atoms. The molecule has 0 aromatic heterocycles. The van der Waals surface area contributed by atoms with Gasteiger partial charge in [0.15, 0.2) is 6.10 Å². The van der Waals surface area contributed by atoms with Gasteiger partial charge < -0.3 is 14.2 Å². The van der Waals surface area contributed by atoms with Crippen molar-refractivity contribution < 1.29 is 28.6 Å². The fraction of sp³-hybridized carbons (Fsp3) is 0.829. The smallest absolute Gasteiger partial charge is 0.306 e. The van der Waals surface area contributed by atoms with Crippen LogP contribution < -0.4 is 0 Å². The SMILES string of the molecule is CC/C=C\C/C=C\C/C=C\C/C=C\C/C=C\CCCCCCCCCC(=O)OCC(COC(=O)CCCCCCCCCCCCCCCCCCCCC)OC(=O)CCCCCCCCCCCCCCCCCCCCCCCC. The number of rotatable bonds is 67. The van der Waals surface area contributed by atoms with E-state index in [0.29, 0.717) is 19.3 Å². The third kappa shape index (κ3) is 67.9. The van der Waals surface area contributed by atoms with Gasteiger partial charge in [-0.15, -0.1) is 0 Å². The Morgan fingerprint density at radius 3 is 0.744 bits per heavy atom. The first-order valence-electron chi connectivity index (χ1n) is 36.3. The lowest BCUT2D eigenvalue weighted by molar-refractivity contribution is -0.167. The van der Waals surface area contributed by atoms with Crippen molar-refractivity contribution in [2.45, 2.75) is 393 Å². The normalized spacial score (nSPS) is 12.4. The van der Waals surface area contributed by atoms with E-state index in [4.69, 9.17) is 14.2 Å². The van der Waals surface area contributed by atoms with E-state index >= 15 is 0 Å². The van der Waals surface area contributed by atoms with Crippen LogP contribution in [0.1, 0.15) is 387 Å². The van der Waals surface area contributed by atoms with Gasteiger partial charge in [0, 0.05) is 19.3 Å². The summed E-state index contributed by atoms with van der Waals surface area (Å²) >= 11 is 0. The highest BCUT2D eigenvalue weighted by Crippen LogP contribution is 2.19. The van der Waals surface area contributed by atoms with Gasteiger partial charge in [-0.3, -0.25) is 14.4 Å².